The number of hydrogen-bond acceptors (Lipinski definition) is 4. The van der Waals surface area contributed by atoms with Crippen LogP contribution in [0.15, 0.2) is 10.8 Å². The second kappa shape index (κ2) is 5.83. The highest BCUT2D eigenvalue weighted by Gasteiger charge is 2.29. The number of rotatable bonds is 2. The minimum atomic E-state index is -0.503. The standard InChI is InChI=1S/C14H17BrFN5O/c1-2-10(22)20-5-3-4-8(7-20)14-19-12(15)11-13(17)18-6-9(16)21(11)14/h6,8H,2-5,7H2,1H3,(H2,17,18). The quantitative estimate of drug-likeness (QED) is 0.881. The molecule has 1 aliphatic heterocycles. The molecule has 1 fully saturated rings. The smallest absolute Gasteiger partial charge is 0.222 e. The minimum absolute atomic E-state index is 0.0145. The van der Waals surface area contributed by atoms with E-state index >= 15 is 0 Å². The van der Waals surface area contributed by atoms with Crippen molar-refractivity contribution in [3.05, 3.63) is 22.6 Å². The van der Waals surface area contributed by atoms with Crippen molar-refractivity contribution < 1.29 is 9.18 Å². The molecule has 1 unspecified atom stereocenters. The number of carbonyl (C=O) groups excluding carboxylic acids is 1. The van der Waals surface area contributed by atoms with Gasteiger partial charge in [0.05, 0.1) is 6.20 Å². The van der Waals surface area contributed by atoms with Crippen LogP contribution in [0.4, 0.5) is 10.2 Å². The summed E-state index contributed by atoms with van der Waals surface area (Å²) in [7, 11) is 0. The summed E-state index contributed by atoms with van der Waals surface area (Å²) in [6, 6.07) is 0. The second-order valence-electron chi connectivity index (χ2n) is 5.44. The van der Waals surface area contributed by atoms with Gasteiger partial charge in [-0.2, -0.15) is 4.39 Å². The number of carbonyl (C=O) groups is 1. The third kappa shape index (κ3) is 2.45. The van der Waals surface area contributed by atoms with E-state index in [1.165, 1.54) is 4.40 Å². The van der Waals surface area contributed by atoms with Crippen molar-refractivity contribution in [2.45, 2.75) is 32.1 Å². The highest BCUT2D eigenvalue weighted by atomic mass is 79.9. The lowest BCUT2D eigenvalue weighted by Crippen LogP contribution is -2.39. The average molecular weight is 370 g/mol. The molecule has 3 rings (SSSR count). The lowest BCUT2D eigenvalue weighted by Gasteiger charge is -2.32. The van der Waals surface area contributed by atoms with Crippen LogP contribution in [0.2, 0.25) is 0 Å². The van der Waals surface area contributed by atoms with Crippen LogP contribution in [0.1, 0.15) is 37.9 Å². The van der Waals surface area contributed by atoms with Crippen LogP contribution in [-0.2, 0) is 4.79 Å². The van der Waals surface area contributed by atoms with Crippen LogP contribution in [-0.4, -0.2) is 38.3 Å². The first-order valence-corrected chi connectivity index (χ1v) is 8.07. The summed E-state index contributed by atoms with van der Waals surface area (Å²) < 4.78 is 16.1. The number of amides is 1. The fraction of sp³-hybridized carbons (Fsp3) is 0.500. The molecule has 2 aromatic rings. The van der Waals surface area contributed by atoms with Crippen molar-refractivity contribution in [3.8, 4) is 0 Å². The molecule has 3 heterocycles. The van der Waals surface area contributed by atoms with Gasteiger partial charge in [-0.25, -0.2) is 9.97 Å². The van der Waals surface area contributed by atoms with Crippen LogP contribution in [0.3, 0.4) is 0 Å². The van der Waals surface area contributed by atoms with E-state index in [1.807, 2.05) is 11.8 Å². The number of halogens is 2. The number of piperidine rings is 1. The van der Waals surface area contributed by atoms with Crippen LogP contribution < -0.4 is 5.73 Å². The van der Waals surface area contributed by atoms with Gasteiger partial charge in [-0.1, -0.05) is 6.92 Å². The Morgan fingerprint density at radius 3 is 3.09 bits per heavy atom. The summed E-state index contributed by atoms with van der Waals surface area (Å²) in [5.74, 6) is 0.411. The van der Waals surface area contributed by atoms with E-state index in [2.05, 4.69) is 25.9 Å². The van der Waals surface area contributed by atoms with E-state index in [0.29, 0.717) is 28.9 Å². The van der Waals surface area contributed by atoms with Crippen molar-refractivity contribution in [2.24, 2.45) is 0 Å². The summed E-state index contributed by atoms with van der Waals surface area (Å²) in [5, 5.41) is 0. The predicted molar refractivity (Wildman–Crippen MR) is 83.9 cm³/mol. The zero-order valence-electron chi connectivity index (χ0n) is 12.2. The molecule has 118 valence electrons. The molecular formula is C14H17BrFN5O. The number of imidazole rings is 1. The van der Waals surface area contributed by atoms with Gasteiger partial charge in [-0.15, -0.1) is 0 Å². The van der Waals surface area contributed by atoms with Crippen LogP contribution in [0, 0.1) is 5.95 Å². The normalized spacial score (nSPS) is 18.9. The van der Waals surface area contributed by atoms with E-state index in [-0.39, 0.29) is 17.6 Å². The lowest BCUT2D eigenvalue weighted by atomic mass is 9.97. The zero-order chi connectivity index (χ0) is 15.9. The third-order valence-electron chi connectivity index (χ3n) is 4.07. The molecular weight excluding hydrogens is 353 g/mol. The Labute approximate surface area is 135 Å². The van der Waals surface area contributed by atoms with Gasteiger partial charge >= 0.3 is 0 Å². The van der Waals surface area contributed by atoms with Gasteiger partial charge in [0, 0.05) is 25.4 Å². The van der Waals surface area contributed by atoms with E-state index in [9.17, 15) is 9.18 Å². The summed E-state index contributed by atoms with van der Waals surface area (Å²) >= 11 is 3.33. The molecule has 0 bridgehead atoms. The highest BCUT2D eigenvalue weighted by molar-refractivity contribution is 9.10. The molecule has 1 atom stereocenters. The Balaban J connectivity index is 2.03. The Morgan fingerprint density at radius 2 is 2.36 bits per heavy atom. The van der Waals surface area contributed by atoms with Crippen LogP contribution in [0.5, 0.6) is 0 Å². The predicted octanol–water partition coefficient (Wildman–Crippen LogP) is 2.33. The van der Waals surface area contributed by atoms with Crippen LogP contribution in [0.25, 0.3) is 5.52 Å². The van der Waals surface area contributed by atoms with Gasteiger partial charge in [0.1, 0.15) is 15.9 Å². The maximum atomic E-state index is 14.2. The number of nitrogen functional groups attached to an aromatic ring is 1. The minimum Gasteiger partial charge on any atom is -0.382 e. The number of nitrogens with two attached hydrogens (primary N) is 1. The molecule has 22 heavy (non-hydrogen) atoms. The van der Waals surface area contributed by atoms with E-state index < -0.39 is 5.95 Å². The van der Waals surface area contributed by atoms with Crippen molar-refractivity contribution in [1.82, 2.24) is 19.3 Å². The fourth-order valence-corrected chi connectivity index (χ4v) is 3.56. The largest absolute Gasteiger partial charge is 0.382 e. The number of nitrogens with zero attached hydrogens (tertiary/aromatic N) is 4. The summed E-state index contributed by atoms with van der Waals surface area (Å²) in [6.07, 6.45) is 3.31. The Hall–Kier alpha value is -1.70. The molecule has 1 aliphatic rings. The Kier molecular flexibility index (Phi) is 4.03. The van der Waals surface area contributed by atoms with Crippen molar-refractivity contribution in [2.75, 3.05) is 18.8 Å². The van der Waals surface area contributed by atoms with Crippen molar-refractivity contribution in [1.29, 1.82) is 0 Å². The molecule has 2 N–H and O–H groups in total. The zero-order valence-corrected chi connectivity index (χ0v) is 13.8. The first-order chi connectivity index (χ1) is 10.5. The average Bonchev–Trinajstić information content (AvgIpc) is 2.89. The van der Waals surface area contributed by atoms with Gasteiger partial charge in [0.15, 0.2) is 5.82 Å². The number of anilines is 1. The number of hydrogen-bond donors (Lipinski definition) is 1. The van der Waals surface area contributed by atoms with Crippen molar-refractivity contribution >= 4 is 33.2 Å². The summed E-state index contributed by atoms with van der Waals surface area (Å²) in [5.41, 5.74) is 6.27. The molecule has 0 saturated carbocycles. The van der Waals surface area contributed by atoms with Gasteiger partial charge in [0.2, 0.25) is 11.9 Å². The summed E-state index contributed by atoms with van der Waals surface area (Å²) in [6.45, 7) is 3.15. The van der Waals surface area contributed by atoms with E-state index in [4.69, 9.17) is 5.73 Å². The van der Waals surface area contributed by atoms with Gasteiger partial charge < -0.3 is 10.6 Å². The molecule has 0 aromatic carbocycles. The van der Waals surface area contributed by atoms with Crippen molar-refractivity contribution in [3.63, 3.8) is 0 Å². The van der Waals surface area contributed by atoms with Gasteiger partial charge in [-0.3, -0.25) is 9.20 Å². The molecule has 0 aliphatic carbocycles. The maximum absolute atomic E-state index is 14.2. The van der Waals surface area contributed by atoms with Crippen LogP contribution >= 0.6 is 15.9 Å². The Bertz CT molecular complexity index is 732. The first-order valence-electron chi connectivity index (χ1n) is 7.28. The molecule has 0 spiro atoms. The number of likely N-dealkylation sites (tertiary alicyclic amines) is 1. The SMILES string of the molecule is CCC(=O)N1CCCC(c2nc(Br)c3c(N)ncc(F)n23)C1. The monoisotopic (exact) mass is 369 g/mol. The fourth-order valence-electron chi connectivity index (χ4n) is 3.00. The first kappa shape index (κ1) is 15.2. The van der Waals surface area contributed by atoms with E-state index in [1.54, 1.807) is 0 Å². The highest BCUT2D eigenvalue weighted by Crippen LogP contribution is 2.32. The second-order valence-corrected chi connectivity index (χ2v) is 6.19. The van der Waals surface area contributed by atoms with Gasteiger partial charge in [0.25, 0.3) is 0 Å². The van der Waals surface area contributed by atoms with Gasteiger partial charge in [-0.05, 0) is 28.8 Å². The van der Waals surface area contributed by atoms with E-state index in [0.717, 1.165) is 25.6 Å². The Morgan fingerprint density at radius 1 is 1.59 bits per heavy atom. The third-order valence-corrected chi connectivity index (χ3v) is 4.62. The lowest BCUT2D eigenvalue weighted by molar-refractivity contribution is -0.132. The molecule has 2 aromatic heterocycles. The summed E-state index contributed by atoms with van der Waals surface area (Å²) in [4.78, 5) is 22.0. The maximum Gasteiger partial charge on any atom is 0.222 e. The number of fused-ring (bicyclic) bond motifs is 1. The topological polar surface area (TPSA) is 76.5 Å². The molecule has 0 radical (unpaired) electrons. The molecule has 8 heteroatoms. The molecule has 1 amide bonds. The molecule has 6 nitrogen and oxygen atoms in total. The number of aromatic nitrogens is 3. The molecule has 1 saturated heterocycles.